The molecule has 1 unspecified atom stereocenters. The molecule has 0 saturated carbocycles. The fourth-order valence-electron chi connectivity index (χ4n) is 2.09. The summed E-state index contributed by atoms with van der Waals surface area (Å²) in [5.41, 5.74) is -0.342. The molecule has 7 heteroatoms. The Labute approximate surface area is 142 Å². The molecule has 0 saturated heterocycles. The van der Waals surface area contributed by atoms with Gasteiger partial charge in [-0.1, -0.05) is 18.2 Å². The zero-order valence-corrected chi connectivity index (χ0v) is 13.1. The van der Waals surface area contributed by atoms with Gasteiger partial charge < -0.3 is 4.74 Å². The van der Waals surface area contributed by atoms with Gasteiger partial charge in [0.15, 0.2) is 11.7 Å². The minimum absolute atomic E-state index is 0.0369. The molecule has 0 bridgehead atoms. The van der Waals surface area contributed by atoms with E-state index in [1.807, 2.05) is 0 Å². The molecule has 0 aliphatic rings. The number of benzene rings is 1. The van der Waals surface area contributed by atoms with Crippen LogP contribution in [0.1, 0.15) is 22.7 Å². The van der Waals surface area contributed by atoms with Crippen molar-refractivity contribution < 1.29 is 22.7 Å². The van der Waals surface area contributed by atoms with Gasteiger partial charge in [-0.15, -0.1) is 0 Å². The number of nitrogens with zero attached hydrogens (tertiary/aromatic N) is 2. The predicted molar refractivity (Wildman–Crippen MR) is 84.6 cm³/mol. The van der Waals surface area contributed by atoms with E-state index < -0.39 is 23.4 Å². The van der Waals surface area contributed by atoms with Crippen LogP contribution in [0.2, 0.25) is 0 Å². The number of nitriles is 1. The lowest BCUT2D eigenvalue weighted by Gasteiger charge is -2.09. The minimum atomic E-state index is -4.53. The van der Waals surface area contributed by atoms with Crippen LogP contribution in [0, 0.1) is 11.3 Å². The van der Waals surface area contributed by atoms with Gasteiger partial charge in [0.05, 0.1) is 24.4 Å². The number of carbonyl (C=O) groups is 1. The first-order chi connectivity index (χ1) is 11.9. The van der Waals surface area contributed by atoms with E-state index in [2.05, 4.69) is 4.98 Å². The fourth-order valence-corrected chi connectivity index (χ4v) is 2.09. The Kier molecular flexibility index (Phi) is 5.55. The zero-order chi connectivity index (χ0) is 18.4. The van der Waals surface area contributed by atoms with Crippen molar-refractivity contribution in [3.8, 4) is 11.8 Å². The summed E-state index contributed by atoms with van der Waals surface area (Å²) in [4.78, 5) is 15.8. The average Bonchev–Trinajstić information content (AvgIpc) is 2.60. The number of allylic oxidation sites excluding steroid dienone is 1. The number of para-hydroxylation sites is 1. The van der Waals surface area contributed by atoms with Crippen molar-refractivity contribution in [3.05, 3.63) is 65.5 Å². The molecule has 0 fully saturated rings. The van der Waals surface area contributed by atoms with Crippen molar-refractivity contribution in [1.82, 2.24) is 4.98 Å². The summed E-state index contributed by atoms with van der Waals surface area (Å²) in [6, 6.07) is 10.6. The number of methoxy groups -OCH3 is 1. The second kappa shape index (κ2) is 7.62. The van der Waals surface area contributed by atoms with E-state index in [1.54, 1.807) is 30.3 Å². The molecule has 4 nitrogen and oxygen atoms in total. The van der Waals surface area contributed by atoms with Crippen LogP contribution in [0.25, 0.3) is 6.08 Å². The zero-order valence-electron chi connectivity index (χ0n) is 13.1. The van der Waals surface area contributed by atoms with Crippen LogP contribution in [0.4, 0.5) is 13.2 Å². The molecular weight excluding hydrogens is 333 g/mol. The predicted octanol–water partition coefficient (Wildman–Crippen LogP) is 4.00. The largest absolute Gasteiger partial charge is 0.496 e. The normalized spacial score (nSPS) is 12.6. The van der Waals surface area contributed by atoms with E-state index in [9.17, 15) is 23.2 Å². The lowest BCUT2D eigenvalue weighted by molar-refractivity contribution is -0.137. The van der Waals surface area contributed by atoms with Crippen molar-refractivity contribution in [1.29, 1.82) is 5.26 Å². The molecule has 0 N–H and O–H groups in total. The Morgan fingerprint density at radius 3 is 2.56 bits per heavy atom. The van der Waals surface area contributed by atoms with Crippen LogP contribution < -0.4 is 4.74 Å². The van der Waals surface area contributed by atoms with E-state index in [0.717, 1.165) is 12.1 Å². The fraction of sp³-hybridized carbons (Fsp3) is 0.167. The van der Waals surface area contributed by atoms with Gasteiger partial charge in [0, 0.05) is 11.8 Å². The number of alkyl halides is 3. The maximum Gasteiger partial charge on any atom is 0.417 e. The molecule has 25 heavy (non-hydrogen) atoms. The van der Waals surface area contributed by atoms with Crippen LogP contribution in [0.3, 0.4) is 0 Å². The summed E-state index contributed by atoms with van der Waals surface area (Å²) in [7, 11) is 1.48. The van der Waals surface area contributed by atoms with Gasteiger partial charge in [0.2, 0.25) is 0 Å². The second-order valence-electron chi connectivity index (χ2n) is 5.01. The Morgan fingerprint density at radius 1 is 1.28 bits per heavy atom. The monoisotopic (exact) mass is 346 g/mol. The maximum absolute atomic E-state index is 12.5. The number of ether oxygens (including phenoxy) is 1. The molecule has 1 aromatic carbocycles. The lowest BCUT2D eigenvalue weighted by Crippen LogP contribution is -2.11. The molecule has 0 amide bonds. The summed E-state index contributed by atoms with van der Waals surface area (Å²) in [6.45, 7) is 0. The third-order valence-corrected chi connectivity index (χ3v) is 3.39. The van der Waals surface area contributed by atoms with Gasteiger partial charge in [0.25, 0.3) is 0 Å². The van der Waals surface area contributed by atoms with E-state index in [1.165, 1.54) is 19.3 Å². The van der Waals surface area contributed by atoms with Crippen LogP contribution in [0.5, 0.6) is 5.75 Å². The summed E-state index contributed by atoms with van der Waals surface area (Å²) < 4.78 is 42.8. The van der Waals surface area contributed by atoms with Crippen LogP contribution in [-0.2, 0) is 11.0 Å². The molecule has 2 rings (SSSR count). The number of pyridine rings is 1. The standard InChI is InChI=1S/C18H13F3N2O2/c1-25-17-5-3-2-4-12(17)6-9-16(24)14(10-22)15-8-7-13(11-23-15)18(19,20)21/h2-9,11,14H,1H3/b9-6+. The highest BCUT2D eigenvalue weighted by molar-refractivity contribution is 6.00. The lowest BCUT2D eigenvalue weighted by atomic mass is 9.99. The van der Waals surface area contributed by atoms with E-state index >= 15 is 0 Å². The van der Waals surface area contributed by atoms with Crippen molar-refractivity contribution in [3.63, 3.8) is 0 Å². The first-order valence-electron chi connectivity index (χ1n) is 7.14. The van der Waals surface area contributed by atoms with Crippen molar-refractivity contribution >= 4 is 11.9 Å². The smallest absolute Gasteiger partial charge is 0.417 e. The van der Waals surface area contributed by atoms with E-state index in [0.29, 0.717) is 17.5 Å². The molecule has 128 valence electrons. The van der Waals surface area contributed by atoms with Gasteiger partial charge in [-0.25, -0.2) is 0 Å². The van der Waals surface area contributed by atoms with E-state index in [4.69, 9.17) is 4.74 Å². The molecule has 0 spiro atoms. The van der Waals surface area contributed by atoms with Gasteiger partial charge in [0.1, 0.15) is 5.75 Å². The van der Waals surface area contributed by atoms with E-state index in [-0.39, 0.29) is 5.69 Å². The summed E-state index contributed by atoms with van der Waals surface area (Å²) >= 11 is 0. The Bertz CT molecular complexity index is 821. The minimum Gasteiger partial charge on any atom is -0.496 e. The third kappa shape index (κ3) is 4.44. The number of hydrogen-bond donors (Lipinski definition) is 0. The average molecular weight is 346 g/mol. The summed E-state index contributed by atoms with van der Waals surface area (Å²) in [5.74, 6) is -1.32. The quantitative estimate of drug-likeness (QED) is 0.768. The highest BCUT2D eigenvalue weighted by atomic mass is 19.4. The Hall–Kier alpha value is -3.14. The molecule has 1 atom stereocenters. The van der Waals surface area contributed by atoms with Crippen molar-refractivity contribution in [2.45, 2.75) is 12.1 Å². The number of aromatic nitrogens is 1. The number of hydrogen-bond acceptors (Lipinski definition) is 4. The Balaban J connectivity index is 2.21. The third-order valence-electron chi connectivity index (χ3n) is 3.39. The highest BCUT2D eigenvalue weighted by Crippen LogP contribution is 2.29. The van der Waals surface area contributed by atoms with Crippen LogP contribution in [0.15, 0.2) is 48.7 Å². The second-order valence-corrected chi connectivity index (χ2v) is 5.01. The van der Waals surface area contributed by atoms with Gasteiger partial charge in [-0.2, -0.15) is 18.4 Å². The van der Waals surface area contributed by atoms with Crippen molar-refractivity contribution in [2.75, 3.05) is 7.11 Å². The topological polar surface area (TPSA) is 63.0 Å². The molecule has 0 aliphatic carbocycles. The first kappa shape index (κ1) is 18.2. The SMILES string of the molecule is COc1ccccc1/C=C/C(=O)C(C#N)c1ccc(C(F)(F)F)cn1. The molecule has 2 aromatic rings. The summed E-state index contributed by atoms with van der Waals surface area (Å²) in [5, 5.41) is 9.19. The first-order valence-corrected chi connectivity index (χ1v) is 7.14. The highest BCUT2D eigenvalue weighted by Gasteiger charge is 2.31. The molecule has 0 radical (unpaired) electrons. The summed E-state index contributed by atoms with van der Waals surface area (Å²) in [6.07, 6.45) is -1.25. The molecule has 1 heterocycles. The van der Waals surface area contributed by atoms with Crippen LogP contribution >= 0.6 is 0 Å². The number of carbonyl (C=O) groups excluding carboxylic acids is 1. The molecule has 0 aliphatic heterocycles. The van der Waals surface area contributed by atoms with Gasteiger partial charge >= 0.3 is 6.18 Å². The Morgan fingerprint density at radius 2 is 2.00 bits per heavy atom. The molecular formula is C18H13F3N2O2. The van der Waals surface area contributed by atoms with Gasteiger partial charge in [-0.05, 0) is 30.4 Å². The molecule has 1 aromatic heterocycles. The maximum atomic E-state index is 12.5. The van der Waals surface area contributed by atoms with Gasteiger partial charge in [-0.3, -0.25) is 9.78 Å². The number of ketones is 1. The van der Waals surface area contributed by atoms with Crippen molar-refractivity contribution in [2.24, 2.45) is 0 Å². The number of rotatable bonds is 5. The number of halogens is 3. The van der Waals surface area contributed by atoms with Crippen LogP contribution in [-0.4, -0.2) is 17.9 Å².